The first-order valence-electron chi connectivity index (χ1n) is 10.6. The number of nitrogens with zero attached hydrogens (tertiary/aromatic N) is 2. The molecule has 0 bridgehead atoms. The zero-order valence-electron chi connectivity index (χ0n) is 18.5. The summed E-state index contributed by atoms with van der Waals surface area (Å²) < 4.78 is 5.21. The molecule has 2 heterocycles. The van der Waals surface area contributed by atoms with Gasteiger partial charge in [0.1, 0.15) is 17.1 Å². The Balaban J connectivity index is 1.82. The van der Waals surface area contributed by atoms with Gasteiger partial charge in [-0.1, -0.05) is 57.2 Å². The Morgan fingerprint density at radius 2 is 1.84 bits per heavy atom. The molecule has 1 aliphatic heterocycles. The zero-order chi connectivity index (χ0) is 22.2. The molecule has 4 rings (SSSR count). The van der Waals surface area contributed by atoms with Crippen molar-refractivity contribution >= 4 is 5.91 Å². The highest BCUT2D eigenvalue weighted by molar-refractivity contribution is 6.00. The average molecular weight is 420 g/mol. The summed E-state index contributed by atoms with van der Waals surface area (Å²) in [6.45, 7) is 7.70. The maximum atomic E-state index is 13.3. The summed E-state index contributed by atoms with van der Waals surface area (Å²) >= 11 is 0. The second-order valence-electron chi connectivity index (χ2n) is 9.00. The van der Waals surface area contributed by atoms with Crippen LogP contribution in [0.5, 0.6) is 5.75 Å². The number of carbonyl (C=O) groups is 1. The SMILES string of the molecule is COCCCN1C(=O)c2[nH]nc(-c3ccccc3O)c2C1c1ccc(C(C)(C)C)cc1. The third-order valence-corrected chi connectivity index (χ3v) is 5.86. The molecule has 2 aromatic carbocycles. The number of carbonyl (C=O) groups excluding carboxylic acids is 1. The third kappa shape index (κ3) is 3.83. The van der Waals surface area contributed by atoms with E-state index in [1.54, 1.807) is 19.2 Å². The van der Waals surface area contributed by atoms with Gasteiger partial charge in [0.25, 0.3) is 5.91 Å². The van der Waals surface area contributed by atoms with Gasteiger partial charge in [0.2, 0.25) is 0 Å². The number of hydrogen-bond acceptors (Lipinski definition) is 4. The number of ether oxygens (including phenoxy) is 1. The van der Waals surface area contributed by atoms with E-state index < -0.39 is 0 Å². The van der Waals surface area contributed by atoms with Gasteiger partial charge in [-0.25, -0.2) is 0 Å². The van der Waals surface area contributed by atoms with E-state index in [2.05, 4.69) is 55.2 Å². The Hall–Kier alpha value is -3.12. The van der Waals surface area contributed by atoms with E-state index in [0.717, 1.165) is 17.5 Å². The fourth-order valence-electron chi connectivity index (χ4n) is 4.20. The van der Waals surface area contributed by atoms with Crippen LogP contribution in [0.25, 0.3) is 11.3 Å². The summed E-state index contributed by atoms with van der Waals surface area (Å²) in [6, 6.07) is 15.3. The summed E-state index contributed by atoms with van der Waals surface area (Å²) in [4.78, 5) is 15.2. The molecular formula is C25H29N3O3. The highest BCUT2D eigenvalue weighted by atomic mass is 16.5. The number of rotatable bonds is 6. The van der Waals surface area contributed by atoms with Crippen LogP contribution in [-0.4, -0.2) is 46.4 Å². The molecule has 0 fully saturated rings. The van der Waals surface area contributed by atoms with Crippen LogP contribution in [0, 0.1) is 0 Å². The van der Waals surface area contributed by atoms with Gasteiger partial charge in [0.15, 0.2) is 0 Å². The molecule has 1 amide bonds. The van der Waals surface area contributed by atoms with Crippen LogP contribution < -0.4 is 0 Å². The lowest BCUT2D eigenvalue weighted by Crippen LogP contribution is -2.31. The van der Waals surface area contributed by atoms with Gasteiger partial charge >= 0.3 is 0 Å². The topological polar surface area (TPSA) is 78.5 Å². The molecule has 3 aromatic rings. The van der Waals surface area contributed by atoms with Crippen molar-refractivity contribution in [2.75, 3.05) is 20.3 Å². The van der Waals surface area contributed by atoms with Crippen LogP contribution in [0.4, 0.5) is 0 Å². The molecule has 0 spiro atoms. The molecule has 1 unspecified atom stereocenters. The highest BCUT2D eigenvalue weighted by Gasteiger charge is 2.42. The van der Waals surface area contributed by atoms with E-state index in [1.807, 2.05) is 17.0 Å². The number of fused-ring (bicyclic) bond motifs is 1. The average Bonchev–Trinajstić information content (AvgIpc) is 3.27. The third-order valence-electron chi connectivity index (χ3n) is 5.86. The van der Waals surface area contributed by atoms with Gasteiger partial charge in [-0.05, 0) is 35.1 Å². The van der Waals surface area contributed by atoms with E-state index in [4.69, 9.17) is 4.74 Å². The number of methoxy groups -OCH3 is 1. The van der Waals surface area contributed by atoms with E-state index >= 15 is 0 Å². The number of phenols is 1. The number of nitrogens with one attached hydrogen (secondary N) is 1. The summed E-state index contributed by atoms with van der Waals surface area (Å²) in [5.41, 5.74) is 4.83. The molecule has 31 heavy (non-hydrogen) atoms. The van der Waals surface area contributed by atoms with Crippen molar-refractivity contribution in [3.8, 4) is 17.0 Å². The van der Waals surface area contributed by atoms with Gasteiger partial charge in [0.05, 0.1) is 6.04 Å². The van der Waals surface area contributed by atoms with Crippen molar-refractivity contribution in [1.29, 1.82) is 0 Å². The molecule has 2 N–H and O–H groups in total. The van der Waals surface area contributed by atoms with Crippen LogP contribution in [0.1, 0.15) is 60.4 Å². The molecular weight excluding hydrogens is 390 g/mol. The number of H-pyrrole nitrogens is 1. The first kappa shape index (κ1) is 21.1. The lowest BCUT2D eigenvalue weighted by molar-refractivity contribution is 0.0723. The number of aromatic hydroxyl groups is 1. The number of aromatic nitrogens is 2. The largest absolute Gasteiger partial charge is 0.507 e. The normalized spacial score (nSPS) is 16.1. The Morgan fingerprint density at radius 3 is 2.48 bits per heavy atom. The minimum absolute atomic E-state index is 0.0456. The Kier molecular flexibility index (Phi) is 5.58. The number of phenolic OH excluding ortho intramolecular Hbond substituents is 1. The maximum absolute atomic E-state index is 13.3. The quantitative estimate of drug-likeness (QED) is 0.570. The van der Waals surface area contributed by atoms with E-state index in [1.165, 1.54) is 5.56 Å². The number of amides is 1. The van der Waals surface area contributed by atoms with Crippen molar-refractivity contribution in [3.63, 3.8) is 0 Å². The van der Waals surface area contributed by atoms with E-state index in [9.17, 15) is 9.90 Å². The molecule has 0 saturated heterocycles. The van der Waals surface area contributed by atoms with Crippen LogP contribution in [0.2, 0.25) is 0 Å². The minimum atomic E-state index is -0.276. The molecule has 1 aromatic heterocycles. The highest BCUT2D eigenvalue weighted by Crippen LogP contribution is 2.44. The number of hydrogen-bond donors (Lipinski definition) is 2. The van der Waals surface area contributed by atoms with E-state index in [-0.39, 0.29) is 23.1 Å². The minimum Gasteiger partial charge on any atom is -0.507 e. The lowest BCUT2D eigenvalue weighted by Gasteiger charge is -2.27. The fourth-order valence-corrected chi connectivity index (χ4v) is 4.20. The van der Waals surface area contributed by atoms with Crippen molar-refractivity contribution in [2.45, 2.75) is 38.6 Å². The molecule has 6 heteroatoms. The number of para-hydroxylation sites is 1. The van der Waals surface area contributed by atoms with Gasteiger partial charge in [0, 0.05) is 31.4 Å². The van der Waals surface area contributed by atoms with E-state index in [0.29, 0.717) is 30.1 Å². The molecule has 1 atom stereocenters. The summed E-state index contributed by atoms with van der Waals surface area (Å²) in [5.74, 6) is 0.0640. The number of aromatic amines is 1. The van der Waals surface area contributed by atoms with Crippen LogP contribution in [-0.2, 0) is 10.2 Å². The Morgan fingerprint density at radius 1 is 1.13 bits per heavy atom. The van der Waals surface area contributed by atoms with Gasteiger partial charge < -0.3 is 14.7 Å². The van der Waals surface area contributed by atoms with Crippen molar-refractivity contribution in [3.05, 3.63) is 70.9 Å². The number of benzene rings is 2. The molecule has 1 aliphatic rings. The fraction of sp³-hybridized carbons (Fsp3) is 0.360. The monoisotopic (exact) mass is 419 g/mol. The smallest absolute Gasteiger partial charge is 0.273 e. The molecule has 162 valence electrons. The molecule has 0 saturated carbocycles. The zero-order valence-corrected chi connectivity index (χ0v) is 18.5. The first-order chi connectivity index (χ1) is 14.8. The van der Waals surface area contributed by atoms with Crippen molar-refractivity contribution in [1.82, 2.24) is 15.1 Å². The van der Waals surface area contributed by atoms with Crippen LogP contribution in [0.15, 0.2) is 48.5 Å². The van der Waals surface area contributed by atoms with Gasteiger partial charge in [-0.15, -0.1) is 0 Å². The summed E-state index contributed by atoms with van der Waals surface area (Å²) in [6.07, 6.45) is 0.739. The first-order valence-corrected chi connectivity index (χ1v) is 10.6. The second kappa shape index (κ2) is 8.19. The van der Waals surface area contributed by atoms with Gasteiger partial charge in [-0.2, -0.15) is 5.10 Å². The van der Waals surface area contributed by atoms with Gasteiger partial charge in [-0.3, -0.25) is 9.89 Å². The molecule has 0 aliphatic carbocycles. The molecule has 0 radical (unpaired) electrons. The maximum Gasteiger partial charge on any atom is 0.273 e. The Bertz CT molecular complexity index is 1080. The second-order valence-corrected chi connectivity index (χ2v) is 9.00. The van der Waals surface area contributed by atoms with Crippen LogP contribution >= 0.6 is 0 Å². The van der Waals surface area contributed by atoms with Crippen LogP contribution in [0.3, 0.4) is 0 Å². The predicted molar refractivity (Wildman–Crippen MR) is 120 cm³/mol. The predicted octanol–water partition coefficient (Wildman–Crippen LogP) is 4.66. The van der Waals surface area contributed by atoms with Crippen molar-refractivity contribution < 1.29 is 14.6 Å². The Labute approximate surface area is 182 Å². The lowest BCUT2D eigenvalue weighted by atomic mass is 9.85. The molecule has 6 nitrogen and oxygen atoms in total. The standard InChI is InChI=1S/C25H29N3O3/c1-25(2,3)17-12-10-16(11-13-17)23-20-21(18-8-5-6-9-19(18)29)26-27-22(20)24(30)28(23)14-7-15-31-4/h5-6,8-13,23,29H,7,14-15H2,1-4H3,(H,26,27). The summed E-state index contributed by atoms with van der Waals surface area (Å²) in [7, 11) is 1.66. The van der Waals surface area contributed by atoms with Crippen molar-refractivity contribution in [2.24, 2.45) is 0 Å². The summed E-state index contributed by atoms with van der Waals surface area (Å²) in [5, 5.41) is 17.8.